The third kappa shape index (κ3) is 4.44. The number of nitrogens with one attached hydrogen (secondary N) is 2. The Bertz CT molecular complexity index is 708. The van der Waals surface area contributed by atoms with Gasteiger partial charge in [-0.05, 0) is 31.2 Å². The number of methoxy groups -OCH3 is 1. The topological polar surface area (TPSA) is 92.9 Å². The lowest BCUT2D eigenvalue weighted by molar-refractivity contribution is -0.120. The lowest BCUT2D eigenvalue weighted by Gasteiger charge is -2.08. The summed E-state index contributed by atoms with van der Waals surface area (Å²) < 4.78 is 10.2. The quantitative estimate of drug-likeness (QED) is 0.625. The number of benzene rings is 1. The summed E-state index contributed by atoms with van der Waals surface area (Å²) in [4.78, 5) is 23.7. The first kappa shape index (κ1) is 16.3. The molecule has 0 radical (unpaired) electrons. The molecule has 1 aromatic heterocycles. The van der Waals surface area contributed by atoms with Gasteiger partial charge in [-0.3, -0.25) is 9.59 Å². The van der Waals surface area contributed by atoms with E-state index in [9.17, 15) is 9.59 Å². The first-order valence-electron chi connectivity index (χ1n) is 6.90. The molecule has 2 rings (SSSR count). The van der Waals surface area contributed by atoms with Crippen LogP contribution in [0.15, 0.2) is 52.2 Å². The Balaban J connectivity index is 1.87. The van der Waals surface area contributed by atoms with E-state index >= 15 is 0 Å². The van der Waals surface area contributed by atoms with Gasteiger partial charge in [-0.2, -0.15) is 5.10 Å². The van der Waals surface area contributed by atoms with Crippen molar-refractivity contribution in [3.63, 3.8) is 0 Å². The summed E-state index contributed by atoms with van der Waals surface area (Å²) in [6, 6.07) is 10.2. The number of hydrogen-bond acceptors (Lipinski definition) is 5. The van der Waals surface area contributed by atoms with Crippen LogP contribution in [0.4, 0.5) is 0 Å². The van der Waals surface area contributed by atoms with E-state index in [0.717, 1.165) is 0 Å². The SMILES string of the molecule is COc1ccccc1C(=O)NCC(=O)N/N=C(/C)c1ccco1. The van der Waals surface area contributed by atoms with Crippen molar-refractivity contribution >= 4 is 17.5 Å². The van der Waals surface area contributed by atoms with Gasteiger partial charge in [-0.1, -0.05) is 12.1 Å². The molecule has 0 saturated carbocycles. The fourth-order valence-corrected chi connectivity index (χ4v) is 1.81. The number of hydrogen-bond donors (Lipinski definition) is 2. The van der Waals surface area contributed by atoms with Crippen LogP contribution in [0.2, 0.25) is 0 Å². The van der Waals surface area contributed by atoms with E-state index in [0.29, 0.717) is 22.8 Å². The molecule has 120 valence electrons. The molecule has 0 fully saturated rings. The number of amides is 2. The van der Waals surface area contributed by atoms with Crippen molar-refractivity contribution in [1.82, 2.24) is 10.7 Å². The van der Waals surface area contributed by atoms with Crippen molar-refractivity contribution in [3.8, 4) is 5.75 Å². The van der Waals surface area contributed by atoms with Crippen molar-refractivity contribution in [2.24, 2.45) is 5.10 Å². The lowest BCUT2D eigenvalue weighted by atomic mass is 10.2. The monoisotopic (exact) mass is 315 g/mol. The lowest BCUT2D eigenvalue weighted by Crippen LogP contribution is -2.35. The van der Waals surface area contributed by atoms with E-state index in [1.165, 1.54) is 13.4 Å². The predicted octanol–water partition coefficient (Wildman–Crippen LogP) is 1.56. The molecule has 0 spiro atoms. The Morgan fingerprint density at radius 1 is 1.22 bits per heavy atom. The first-order chi connectivity index (χ1) is 11.1. The van der Waals surface area contributed by atoms with Gasteiger partial charge in [0.1, 0.15) is 17.2 Å². The Hall–Kier alpha value is -3.09. The third-order valence-corrected chi connectivity index (χ3v) is 2.99. The summed E-state index contributed by atoms with van der Waals surface area (Å²) in [5.74, 6) is 0.156. The molecule has 0 bridgehead atoms. The number of ether oxygens (including phenoxy) is 1. The zero-order valence-electron chi connectivity index (χ0n) is 12.8. The van der Waals surface area contributed by atoms with E-state index in [1.54, 1.807) is 43.3 Å². The summed E-state index contributed by atoms with van der Waals surface area (Å²) in [6.45, 7) is 1.50. The van der Waals surface area contributed by atoms with Crippen molar-refractivity contribution < 1.29 is 18.7 Å². The summed E-state index contributed by atoms with van der Waals surface area (Å²) in [5, 5.41) is 6.41. The Morgan fingerprint density at radius 3 is 2.70 bits per heavy atom. The van der Waals surface area contributed by atoms with Crippen LogP contribution < -0.4 is 15.5 Å². The first-order valence-corrected chi connectivity index (χ1v) is 6.90. The summed E-state index contributed by atoms with van der Waals surface area (Å²) >= 11 is 0. The largest absolute Gasteiger partial charge is 0.496 e. The van der Waals surface area contributed by atoms with Gasteiger partial charge in [0, 0.05) is 0 Å². The van der Waals surface area contributed by atoms with Crippen LogP contribution in [0.5, 0.6) is 5.75 Å². The average molecular weight is 315 g/mol. The molecular weight excluding hydrogens is 298 g/mol. The van der Waals surface area contributed by atoms with Gasteiger partial charge in [0.05, 0.1) is 25.5 Å². The van der Waals surface area contributed by atoms with Gasteiger partial charge in [0.2, 0.25) is 0 Å². The molecule has 0 atom stereocenters. The molecule has 0 unspecified atom stereocenters. The van der Waals surface area contributed by atoms with E-state index < -0.39 is 11.8 Å². The molecule has 1 heterocycles. The van der Waals surface area contributed by atoms with E-state index in [2.05, 4.69) is 15.8 Å². The van der Waals surface area contributed by atoms with Crippen LogP contribution in [0, 0.1) is 0 Å². The maximum atomic E-state index is 12.0. The molecule has 0 aliphatic heterocycles. The normalized spacial score (nSPS) is 11.0. The molecule has 2 N–H and O–H groups in total. The number of carbonyl (C=O) groups excluding carboxylic acids is 2. The number of carbonyl (C=O) groups is 2. The molecule has 0 aliphatic rings. The smallest absolute Gasteiger partial charge is 0.259 e. The van der Waals surface area contributed by atoms with Crippen LogP contribution in [-0.2, 0) is 4.79 Å². The van der Waals surface area contributed by atoms with Crippen molar-refractivity contribution in [2.45, 2.75) is 6.92 Å². The minimum absolute atomic E-state index is 0.203. The summed E-state index contributed by atoms with van der Waals surface area (Å²) in [6.07, 6.45) is 1.52. The van der Waals surface area contributed by atoms with E-state index in [1.807, 2.05) is 0 Å². The zero-order valence-corrected chi connectivity index (χ0v) is 12.8. The number of para-hydroxylation sites is 1. The molecule has 23 heavy (non-hydrogen) atoms. The second-order valence-electron chi connectivity index (χ2n) is 4.59. The van der Waals surface area contributed by atoms with Crippen LogP contribution in [0.1, 0.15) is 23.0 Å². The van der Waals surface area contributed by atoms with E-state index in [-0.39, 0.29) is 6.54 Å². The summed E-state index contributed by atoms with van der Waals surface area (Å²) in [5.41, 5.74) is 3.24. The summed E-state index contributed by atoms with van der Waals surface area (Å²) in [7, 11) is 1.48. The highest BCUT2D eigenvalue weighted by Gasteiger charge is 2.12. The fourth-order valence-electron chi connectivity index (χ4n) is 1.81. The minimum atomic E-state index is -0.445. The third-order valence-electron chi connectivity index (χ3n) is 2.99. The number of hydrazone groups is 1. The highest BCUT2D eigenvalue weighted by molar-refractivity contribution is 5.99. The van der Waals surface area contributed by atoms with Gasteiger partial charge in [0.15, 0.2) is 0 Å². The number of furan rings is 1. The second-order valence-corrected chi connectivity index (χ2v) is 4.59. The minimum Gasteiger partial charge on any atom is -0.496 e. The number of rotatable bonds is 6. The van der Waals surface area contributed by atoms with Crippen molar-refractivity contribution in [1.29, 1.82) is 0 Å². The van der Waals surface area contributed by atoms with Gasteiger partial charge in [-0.15, -0.1) is 0 Å². The molecule has 0 aliphatic carbocycles. The standard InChI is InChI=1S/C16H17N3O4/c1-11(13-8-5-9-23-13)18-19-15(20)10-17-16(21)12-6-3-4-7-14(12)22-2/h3-9H,10H2,1-2H3,(H,17,21)(H,19,20)/b18-11-. The van der Waals surface area contributed by atoms with Gasteiger partial charge in [0.25, 0.3) is 11.8 Å². The van der Waals surface area contributed by atoms with Gasteiger partial charge < -0.3 is 14.5 Å². The molecule has 0 saturated heterocycles. The van der Waals surface area contributed by atoms with Crippen molar-refractivity contribution in [2.75, 3.05) is 13.7 Å². The molecule has 2 amide bonds. The van der Waals surface area contributed by atoms with Gasteiger partial charge in [-0.25, -0.2) is 5.43 Å². The highest BCUT2D eigenvalue weighted by Crippen LogP contribution is 2.16. The maximum absolute atomic E-state index is 12.0. The molecule has 2 aromatic rings. The molecule has 7 heteroatoms. The maximum Gasteiger partial charge on any atom is 0.259 e. The van der Waals surface area contributed by atoms with Crippen LogP contribution >= 0.6 is 0 Å². The second kappa shape index (κ2) is 7.79. The molecule has 7 nitrogen and oxygen atoms in total. The Kier molecular flexibility index (Phi) is 5.51. The van der Waals surface area contributed by atoms with Crippen molar-refractivity contribution in [3.05, 3.63) is 54.0 Å². The average Bonchev–Trinajstić information content (AvgIpc) is 3.12. The van der Waals surface area contributed by atoms with Crippen LogP contribution in [0.3, 0.4) is 0 Å². The van der Waals surface area contributed by atoms with Gasteiger partial charge >= 0.3 is 0 Å². The molecule has 1 aromatic carbocycles. The zero-order chi connectivity index (χ0) is 16.7. The number of nitrogens with zero attached hydrogens (tertiary/aromatic N) is 1. The Labute approximate surface area is 133 Å². The fraction of sp³-hybridized carbons (Fsp3) is 0.188. The Morgan fingerprint density at radius 2 is 2.00 bits per heavy atom. The highest BCUT2D eigenvalue weighted by atomic mass is 16.5. The van der Waals surface area contributed by atoms with E-state index in [4.69, 9.17) is 9.15 Å². The van der Waals surface area contributed by atoms with Crippen LogP contribution in [0.25, 0.3) is 0 Å². The molecular formula is C16H17N3O4. The van der Waals surface area contributed by atoms with Crippen LogP contribution in [-0.4, -0.2) is 31.2 Å². The predicted molar refractivity (Wildman–Crippen MR) is 84.4 cm³/mol.